The molecule has 0 aliphatic heterocycles. The lowest BCUT2D eigenvalue weighted by Gasteiger charge is -2.03. The topological polar surface area (TPSA) is 25.8 Å². The van der Waals surface area contributed by atoms with Crippen LogP contribution in [0.3, 0.4) is 0 Å². The predicted molar refractivity (Wildman–Crippen MR) is 57.2 cm³/mol. The number of aryl methyl sites for hydroxylation is 1. The van der Waals surface area contributed by atoms with Crippen LogP contribution in [0.15, 0.2) is 30.6 Å². The smallest absolute Gasteiger partial charge is 0.155 e. The van der Waals surface area contributed by atoms with Crippen molar-refractivity contribution in [3.8, 4) is 11.3 Å². The van der Waals surface area contributed by atoms with E-state index in [1.807, 2.05) is 0 Å². The number of rotatable bonds is 1. The van der Waals surface area contributed by atoms with E-state index in [1.54, 1.807) is 19.1 Å². The zero-order valence-electron chi connectivity index (χ0n) is 8.04. The second-order valence-electron chi connectivity index (χ2n) is 3.16. The highest BCUT2D eigenvalue weighted by Crippen LogP contribution is 2.24. The molecule has 0 fully saturated rings. The number of nitrogens with zero attached hydrogens (tertiary/aromatic N) is 2. The van der Waals surface area contributed by atoms with Crippen LogP contribution in [0.25, 0.3) is 11.3 Å². The van der Waals surface area contributed by atoms with Crippen LogP contribution in [-0.4, -0.2) is 9.97 Å². The fourth-order valence-electron chi connectivity index (χ4n) is 1.25. The van der Waals surface area contributed by atoms with Crippen molar-refractivity contribution in [3.63, 3.8) is 0 Å². The summed E-state index contributed by atoms with van der Waals surface area (Å²) in [4.78, 5) is 7.95. The third-order valence-corrected chi connectivity index (χ3v) is 2.38. The molecule has 0 amide bonds. The molecule has 0 radical (unpaired) electrons. The van der Waals surface area contributed by atoms with Crippen molar-refractivity contribution >= 4 is 11.6 Å². The van der Waals surface area contributed by atoms with E-state index in [0.29, 0.717) is 16.8 Å². The third-order valence-electron chi connectivity index (χ3n) is 2.10. The number of benzene rings is 1. The summed E-state index contributed by atoms with van der Waals surface area (Å²) in [6.07, 6.45) is 3.02. The Labute approximate surface area is 91.8 Å². The van der Waals surface area contributed by atoms with E-state index < -0.39 is 0 Å². The van der Waals surface area contributed by atoms with E-state index in [1.165, 1.54) is 18.5 Å². The highest BCUT2D eigenvalue weighted by molar-refractivity contribution is 6.31. The first-order valence-corrected chi connectivity index (χ1v) is 4.79. The van der Waals surface area contributed by atoms with Gasteiger partial charge in [-0.2, -0.15) is 0 Å². The molecule has 0 N–H and O–H groups in total. The van der Waals surface area contributed by atoms with E-state index in [-0.39, 0.29) is 11.0 Å². The lowest BCUT2D eigenvalue weighted by Crippen LogP contribution is -1.89. The second-order valence-corrected chi connectivity index (χ2v) is 3.52. The molecule has 0 atom stereocenters. The molecular weight excluding hydrogens is 215 g/mol. The Morgan fingerprint density at radius 1 is 1.20 bits per heavy atom. The fourth-order valence-corrected chi connectivity index (χ4v) is 1.47. The summed E-state index contributed by atoms with van der Waals surface area (Å²) < 4.78 is 13.3. The van der Waals surface area contributed by atoms with Gasteiger partial charge in [0.05, 0.1) is 0 Å². The van der Waals surface area contributed by atoms with Crippen LogP contribution in [0.5, 0.6) is 0 Å². The standard InChI is InChI=1S/C11H8ClFN2/c1-7-2-3-8(6-9(7)13)10-11(12)15-5-4-14-10/h2-6H,1H3. The fraction of sp³-hybridized carbons (Fsp3) is 0.0909. The van der Waals surface area contributed by atoms with Gasteiger partial charge in [0.2, 0.25) is 0 Å². The van der Waals surface area contributed by atoms with Crippen LogP contribution in [0.1, 0.15) is 5.56 Å². The van der Waals surface area contributed by atoms with Crippen molar-refractivity contribution in [1.29, 1.82) is 0 Å². The van der Waals surface area contributed by atoms with Crippen molar-refractivity contribution in [2.45, 2.75) is 6.92 Å². The number of aromatic nitrogens is 2. The largest absolute Gasteiger partial charge is 0.251 e. The molecule has 0 aliphatic carbocycles. The summed E-state index contributed by atoms with van der Waals surface area (Å²) in [5, 5.41) is 0.278. The van der Waals surface area contributed by atoms with Gasteiger partial charge in [0, 0.05) is 18.0 Å². The molecule has 0 saturated carbocycles. The number of hydrogen-bond donors (Lipinski definition) is 0. The molecule has 2 rings (SSSR count). The van der Waals surface area contributed by atoms with Gasteiger partial charge in [-0.05, 0) is 18.6 Å². The molecule has 4 heteroatoms. The van der Waals surface area contributed by atoms with Crippen LogP contribution in [0, 0.1) is 12.7 Å². The van der Waals surface area contributed by atoms with Crippen LogP contribution in [0.2, 0.25) is 5.15 Å². The van der Waals surface area contributed by atoms with Crippen LogP contribution in [0.4, 0.5) is 4.39 Å². The van der Waals surface area contributed by atoms with Crippen molar-refractivity contribution in [3.05, 3.63) is 47.1 Å². The molecule has 76 valence electrons. The van der Waals surface area contributed by atoms with Crippen molar-refractivity contribution in [1.82, 2.24) is 9.97 Å². The van der Waals surface area contributed by atoms with Crippen LogP contribution in [-0.2, 0) is 0 Å². The highest BCUT2D eigenvalue weighted by Gasteiger charge is 2.07. The quantitative estimate of drug-likeness (QED) is 0.740. The Hall–Kier alpha value is -1.48. The van der Waals surface area contributed by atoms with Gasteiger partial charge in [0.1, 0.15) is 11.5 Å². The average molecular weight is 223 g/mol. The minimum Gasteiger partial charge on any atom is -0.251 e. The number of halogens is 2. The van der Waals surface area contributed by atoms with Gasteiger partial charge in [-0.15, -0.1) is 0 Å². The summed E-state index contributed by atoms with van der Waals surface area (Å²) in [7, 11) is 0. The zero-order valence-corrected chi connectivity index (χ0v) is 8.79. The van der Waals surface area contributed by atoms with Crippen molar-refractivity contribution in [2.24, 2.45) is 0 Å². The molecule has 2 aromatic rings. The van der Waals surface area contributed by atoms with E-state index in [2.05, 4.69) is 9.97 Å². The molecular formula is C11H8ClFN2. The Kier molecular flexibility index (Phi) is 2.64. The Bertz CT molecular complexity index is 500. The predicted octanol–water partition coefficient (Wildman–Crippen LogP) is 3.24. The van der Waals surface area contributed by atoms with Gasteiger partial charge in [-0.3, -0.25) is 4.98 Å². The van der Waals surface area contributed by atoms with E-state index in [9.17, 15) is 4.39 Å². The van der Waals surface area contributed by atoms with Gasteiger partial charge in [-0.1, -0.05) is 23.7 Å². The first kappa shape index (κ1) is 10.1. The summed E-state index contributed by atoms with van der Waals surface area (Å²) in [5.41, 5.74) is 1.73. The van der Waals surface area contributed by atoms with Gasteiger partial charge in [0.15, 0.2) is 5.15 Å². The summed E-state index contributed by atoms with van der Waals surface area (Å²) in [6, 6.07) is 4.87. The van der Waals surface area contributed by atoms with Crippen LogP contribution >= 0.6 is 11.6 Å². The summed E-state index contributed by atoms with van der Waals surface area (Å²) in [6.45, 7) is 1.71. The first-order valence-electron chi connectivity index (χ1n) is 4.41. The van der Waals surface area contributed by atoms with Gasteiger partial charge < -0.3 is 0 Å². The number of hydrogen-bond acceptors (Lipinski definition) is 2. The molecule has 1 aromatic heterocycles. The third kappa shape index (κ3) is 1.97. The first-order chi connectivity index (χ1) is 7.18. The van der Waals surface area contributed by atoms with E-state index in [4.69, 9.17) is 11.6 Å². The lowest BCUT2D eigenvalue weighted by atomic mass is 10.1. The maximum Gasteiger partial charge on any atom is 0.155 e. The Morgan fingerprint density at radius 2 is 1.93 bits per heavy atom. The maximum atomic E-state index is 13.3. The summed E-state index contributed by atoms with van der Waals surface area (Å²) >= 11 is 5.85. The minimum absolute atomic E-state index is 0.269. The van der Waals surface area contributed by atoms with E-state index >= 15 is 0 Å². The Morgan fingerprint density at radius 3 is 2.60 bits per heavy atom. The highest BCUT2D eigenvalue weighted by atomic mass is 35.5. The summed E-state index contributed by atoms with van der Waals surface area (Å²) in [5.74, 6) is -0.269. The molecule has 2 nitrogen and oxygen atoms in total. The normalized spacial score (nSPS) is 10.3. The maximum absolute atomic E-state index is 13.3. The van der Waals surface area contributed by atoms with Crippen molar-refractivity contribution in [2.75, 3.05) is 0 Å². The minimum atomic E-state index is -0.269. The lowest BCUT2D eigenvalue weighted by molar-refractivity contribution is 0.619. The van der Waals surface area contributed by atoms with Gasteiger partial charge in [-0.25, -0.2) is 9.37 Å². The van der Waals surface area contributed by atoms with E-state index in [0.717, 1.165) is 0 Å². The molecule has 15 heavy (non-hydrogen) atoms. The molecule has 1 heterocycles. The van der Waals surface area contributed by atoms with Gasteiger partial charge in [0.25, 0.3) is 0 Å². The van der Waals surface area contributed by atoms with Gasteiger partial charge >= 0.3 is 0 Å². The molecule has 0 aliphatic rings. The zero-order chi connectivity index (χ0) is 10.8. The SMILES string of the molecule is Cc1ccc(-c2nccnc2Cl)cc1F. The van der Waals surface area contributed by atoms with Crippen molar-refractivity contribution < 1.29 is 4.39 Å². The second kappa shape index (κ2) is 3.95. The molecule has 0 unspecified atom stereocenters. The monoisotopic (exact) mass is 222 g/mol. The molecule has 1 aromatic carbocycles. The molecule has 0 saturated heterocycles. The molecule has 0 spiro atoms. The Balaban J connectivity index is 2.55. The van der Waals surface area contributed by atoms with Crippen LogP contribution < -0.4 is 0 Å². The molecule has 0 bridgehead atoms. The average Bonchev–Trinajstić information content (AvgIpc) is 2.23.